The highest BCUT2D eigenvalue weighted by Crippen LogP contribution is 2.43. The van der Waals surface area contributed by atoms with E-state index in [0.717, 1.165) is 5.56 Å². The molecule has 0 aromatic heterocycles. The number of halogens is 2. The summed E-state index contributed by atoms with van der Waals surface area (Å²) in [4.78, 5) is 27.6. The zero-order valence-corrected chi connectivity index (χ0v) is 18.3. The van der Waals surface area contributed by atoms with Gasteiger partial charge in [0.2, 0.25) is 0 Å². The average molecular weight is 468 g/mol. The summed E-state index contributed by atoms with van der Waals surface area (Å²) in [7, 11) is 0. The van der Waals surface area contributed by atoms with Gasteiger partial charge in [-0.15, -0.1) is 0 Å². The fourth-order valence-corrected chi connectivity index (χ4v) is 4.40. The van der Waals surface area contributed by atoms with Gasteiger partial charge in [-0.2, -0.15) is 0 Å². The van der Waals surface area contributed by atoms with Crippen LogP contribution in [0.4, 0.5) is 5.69 Å². The van der Waals surface area contributed by atoms with E-state index in [1.807, 2.05) is 30.3 Å². The zero-order chi connectivity index (χ0) is 22.8. The maximum Gasteiger partial charge on any atom is 0.294 e. The van der Waals surface area contributed by atoms with Gasteiger partial charge in [0.25, 0.3) is 5.91 Å². The topological polar surface area (TPSA) is 77.8 Å². The zero-order valence-electron chi connectivity index (χ0n) is 16.8. The molecule has 3 aromatic rings. The molecule has 1 aliphatic heterocycles. The maximum absolute atomic E-state index is 13.2. The fourth-order valence-electron chi connectivity index (χ4n) is 3.88. The van der Waals surface area contributed by atoms with Crippen LogP contribution in [0.15, 0.2) is 84.1 Å². The second-order valence-electron chi connectivity index (χ2n) is 7.47. The van der Waals surface area contributed by atoms with E-state index in [4.69, 9.17) is 23.2 Å². The first kappa shape index (κ1) is 21.9. The summed E-state index contributed by atoms with van der Waals surface area (Å²) in [5.74, 6) is -1.74. The van der Waals surface area contributed by atoms with Gasteiger partial charge in [0, 0.05) is 22.2 Å². The number of amides is 1. The molecule has 0 saturated heterocycles. The number of hydrogen-bond acceptors (Lipinski definition) is 4. The van der Waals surface area contributed by atoms with Gasteiger partial charge >= 0.3 is 0 Å². The van der Waals surface area contributed by atoms with Crippen molar-refractivity contribution in [1.82, 2.24) is 0 Å². The Hall–Kier alpha value is -3.28. The minimum atomic E-state index is -0.938. The van der Waals surface area contributed by atoms with Gasteiger partial charge in [0.15, 0.2) is 11.5 Å². The van der Waals surface area contributed by atoms with Crippen molar-refractivity contribution in [3.8, 4) is 5.75 Å². The van der Waals surface area contributed by atoms with E-state index in [-0.39, 0.29) is 23.5 Å². The molecule has 2 N–H and O–H groups in total. The maximum atomic E-state index is 13.2. The molecular formula is C25H19Cl2NO4. The van der Waals surface area contributed by atoms with Crippen LogP contribution in [-0.4, -0.2) is 21.9 Å². The highest BCUT2D eigenvalue weighted by atomic mass is 35.5. The predicted molar refractivity (Wildman–Crippen MR) is 124 cm³/mol. The number of ketones is 1. The number of carbonyl (C=O) groups is 2. The lowest BCUT2D eigenvalue weighted by Crippen LogP contribution is -2.31. The van der Waals surface area contributed by atoms with Gasteiger partial charge in [-0.25, -0.2) is 0 Å². The third-order valence-corrected chi connectivity index (χ3v) is 5.74. The van der Waals surface area contributed by atoms with Crippen LogP contribution in [-0.2, 0) is 16.0 Å². The van der Waals surface area contributed by atoms with Crippen molar-refractivity contribution < 1.29 is 19.8 Å². The molecule has 3 aromatic carbocycles. The number of aryl methyl sites for hydroxylation is 1. The van der Waals surface area contributed by atoms with E-state index in [1.54, 1.807) is 12.1 Å². The first-order valence-electron chi connectivity index (χ1n) is 9.94. The van der Waals surface area contributed by atoms with Crippen LogP contribution in [0.25, 0.3) is 0 Å². The van der Waals surface area contributed by atoms with Crippen molar-refractivity contribution in [2.24, 2.45) is 0 Å². The number of anilines is 1. The van der Waals surface area contributed by atoms with Gasteiger partial charge in [-0.3, -0.25) is 14.5 Å². The quantitative estimate of drug-likeness (QED) is 0.479. The standard InChI is InChI=1S/C25H19Cl2NO4/c26-17-12-18(27)14-19(13-17)28-23(16-7-4-8-20(29)11-16)22(24(31)25(28)32)21(30)10-9-15-5-2-1-3-6-15/h1-8,11-14,23,29,31H,9-10H2. The van der Waals surface area contributed by atoms with Crippen LogP contribution >= 0.6 is 23.2 Å². The van der Waals surface area contributed by atoms with E-state index in [1.165, 1.54) is 35.2 Å². The van der Waals surface area contributed by atoms with Crippen molar-refractivity contribution >= 4 is 40.6 Å². The Labute approximate surface area is 195 Å². The second-order valence-corrected chi connectivity index (χ2v) is 8.34. The number of aromatic hydroxyl groups is 1. The van der Waals surface area contributed by atoms with Crippen molar-refractivity contribution in [3.63, 3.8) is 0 Å². The first-order chi connectivity index (χ1) is 15.3. The fraction of sp³-hybridized carbons (Fsp3) is 0.120. The molecule has 7 heteroatoms. The number of carbonyl (C=O) groups excluding carboxylic acids is 2. The number of phenols is 1. The Kier molecular flexibility index (Phi) is 6.21. The van der Waals surface area contributed by atoms with Crippen molar-refractivity contribution in [2.45, 2.75) is 18.9 Å². The minimum Gasteiger partial charge on any atom is -0.508 e. The Morgan fingerprint density at radius 2 is 1.59 bits per heavy atom. The smallest absolute Gasteiger partial charge is 0.294 e. The van der Waals surface area contributed by atoms with Crippen molar-refractivity contribution in [1.29, 1.82) is 0 Å². The molecule has 0 radical (unpaired) electrons. The van der Waals surface area contributed by atoms with Crippen LogP contribution < -0.4 is 4.90 Å². The summed E-state index contributed by atoms with van der Waals surface area (Å²) >= 11 is 12.3. The molecule has 5 nitrogen and oxygen atoms in total. The van der Waals surface area contributed by atoms with E-state index in [9.17, 15) is 19.8 Å². The molecule has 0 saturated carbocycles. The van der Waals surface area contributed by atoms with Gasteiger partial charge in [0.05, 0.1) is 11.6 Å². The summed E-state index contributed by atoms with van der Waals surface area (Å²) in [5, 5.41) is 21.4. The minimum absolute atomic E-state index is 0.0207. The van der Waals surface area contributed by atoms with E-state index in [2.05, 4.69) is 0 Å². The van der Waals surface area contributed by atoms with Crippen LogP contribution in [0.1, 0.15) is 23.6 Å². The second kappa shape index (κ2) is 9.07. The third kappa shape index (κ3) is 4.35. The monoisotopic (exact) mass is 467 g/mol. The summed E-state index contributed by atoms with van der Waals surface area (Å²) in [6, 6.07) is 19.4. The number of rotatable bonds is 6. The van der Waals surface area contributed by atoms with Crippen LogP contribution in [0, 0.1) is 0 Å². The lowest BCUT2D eigenvalue weighted by molar-refractivity contribution is -0.118. The van der Waals surface area contributed by atoms with Crippen LogP contribution in [0.3, 0.4) is 0 Å². The summed E-state index contributed by atoms with van der Waals surface area (Å²) < 4.78 is 0. The van der Waals surface area contributed by atoms with Gasteiger partial charge in [-0.05, 0) is 47.9 Å². The Morgan fingerprint density at radius 3 is 2.25 bits per heavy atom. The molecule has 1 unspecified atom stereocenters. The molecule has 0 bridgehead atoms. The molecule has 162 valence electrons. The Balaban J connectivity index is 1.76. The number of hydrogen-bond donors (Lipinski definition) is 2. The molecule has 1 amide bonds. The van der Waals surface area contributed by atoms with Gasteiger partial charge < -0.3 is 10.2 Å². The summed E-state index contributed by atoms with van der Waals surface area (Å²) in [5.41, 5.74) is 1.75. The van der Waals surface area contributed by atoms with Crippen molar-refractivity contribution in [3.05, 3.63) is 105 Å². The first-order valence-corrected chi connectivity index (χ1v) is 10.7. The van der Waals surface area contributed by atoms with Gasteiger partial charge in [-0.1, -0.05) is 65.7 Å². The molecule has 0 aliphatic carbocycles. The largest absolute Gasteiger partial charge is 0.508 e. The van der Waals surface area contributed by atoms with E-state index >= 15 is 0 Å². The SMILES string of the molecule is O=C(CCc1ccccc1)C1=C(O)C(=O)N(c2cc(Cl)cc(Cl)c2)C1c1cccc(O)c1. The molecule has 1 aliphatic rings. The van der Waals surface area contributed by atoms with Crippen LogP contribution in [0.2, 0.25) is 10.0 Å². The summed E-state index contributed by atoms with van der Waals surface area (Å²) in [6.45, 7) is 0. The normalized spacial score (nSPS) is 16.0. The highest BCUT2D eigenvalue weighted by molar-refractivity contribution is 6.35. The lowest BCUT2D eigenvalue weighted by atomic mass is 9.93. The molecule has 32 heavy (non-hydrogen) atoms. The number of aliphatic hydroxyl groups excluding tert-OH is 1. The molecule has 1 heterocycles. The predicted octanol–water partition coefficient (Wildman–Crippen LogP) is 5.80. The third-order valence-electron chi connectivity index (χ3n) is 5.30. The number of aliphatic hydroxyl groups is 1. The Bertz CT molecular complexity index is 1200. The summed E-state index contributed by atoms with van der Waals surface area (Å²) in [6.07, 6.45) is 0.566. The molecule has 0 spiro atoms. The number of nitrogens with zero attached hydrogens (tertiary/aromatic N) is 1. The van der Waals surface area contributed by atoms with Crippen LogP contribution in [0.5, 0.6) is 5.75 Å². The number of phenolic OH excluding ortho intramolecular Hbond substituents is 1. The van der Waals surface area contributed by atoms with E-state index < -0.39 is 17.7 Å². The molecular weight excluding hydrogens is 449 g/mol. The van der Waals surface area contributed by atoms with Crippen molar-refractivity contribution in [2.75, 3.05) is 4.90 Å². The van der Waals surface area contributed by atoms with E-state index in [0.29, 0.717) is 27.7 Å². The molecule has 4 rings (SSSR count). The molecule has 1 atom stereocenters. The number of benzene rings is 3. The molecule has 0 fully saturated rings. The Morgan fingerprint density at radius 1 is 0.906 bits per heavy atom. The van der Waals surface area contributed by atoms with Gasteiger partial charge in [0.1, 0.15) is 5.75 Å². The highest BCUT2D eigenvalue weighted by Gasteiger charge is 2.44. The lowest BCUT2D eigenvalue weighted by Gasteiger charge is -2.27. The average Bonchev–Trinajstić information content (AvgIpc) is 3.03. The number of Topliss-reactive ketones (excluding diaryl/α,β-unsaturated/α-hetero) is 1.